The van der Waals surface area contributed by atoms with Crippen LogP contribution in [0.5, 0.6) is 5.75 Å². The summed E-state index contributed by atoms with van der Waals surface area (Å²) in [5, 5.41) is 15.3. The van der Waals surface area contributed by atoms with E-state index in [1.54, 1.807) is 19.4 Å². The number of rotatable bonds is 5. The molecule has 0 amide bonds. The molecule has 32 heavy (non-hydrogen) atoms. The number of carboxylic acids is 1. The van der Waals surface area contributed by atoms with Gasteiger partial charge in [0.2, 0.25) is 0 Å². The van der Waals surface area contributed by atoms with Crippen molar-refractivity contribution in [3.8, 4) is 5.75 Å². The van der Waals surface area contributed by atoms with Gasteiger partial charge in [-0.3, -0.25) is 9.67 Å². The number of pyridine rings is 1. The predicted octanol–water partition coefficient (Wildman–Crippen LogP) is 4.54. The lowest BCUT2D eigenvalue weighted by Gasteiger charge is -2.19. The molecule has 1 aliphatic rings. The van der Waals surface area contributed by atoms with Gasteiger partial charge in [-0.2, -0.15) is 5.10 Å². The van der Waals surface area contributed by atoms with Gasteiger partial charge in [0, 0.05) is 43.5 Å². The molecule has 7 nitrogen and oxygen atoms in total. The number of anilines is 2. The number of nitrogens with zero attached hydrogens (tertiary/aromatic N) is 4. The van der Waals surface area contributed by atoms with Gasteiger partial charge < -0.3 is 14.7 Å². The van der Waals surface area contributed by atoms with Crippen molar-refractivity contribution in [1.29, 1.82) is 0 Å². The average molecular weight is 426 g/mol. The number of ether oxygens (including phenoxy) is 1. The first-order valence-electron chi connectivity index (χ1n) is 10.2. The maximum Gasteiger partial charge on any atom is 0.336 e. The minimum atomic E-state index is -0.931. The lowest BCUT2D eigenvalue weighted by atomic mass is 10.0. The second-order valence-corrected chi connectivity index (χ2v) is 7.80. The Morgan fingerprint density at radius 2 is 1.88 bits per heavy atom. The van der Waals surface area contributed by atoms with Crippen LogP contribution in [0.4, 0.5) is 11.4 Å². The van der Waals surface area contributed by atoms with Gasteiger partial charge in [0.05, 0.1) is 29.6 Å². The van der Waals surface area contributed by atoms with Crippen molar-refractivity contribution >= 4 is 39.9 Å². The first-order chi connectivity index (χ1) is 15.5. The van der Waals surface area contributed by atoms with Crippen molar-refractivity contribution < 1.29 is 14.6 Å². The van der Waals surface area contributed by atoms with E-state index in [1.165, 1.54) is 0 Å². The van der Waals surface area contributed by atoms with E-state index in [9.17, 15) is 9.90 Å². The van der Waals surface area contributed by atoms with Crippen LogP contribution in [0.25, 0.3) is 22.6 Å². The number of aromatic nitrogens is 3. The van der Waals surface area contributed by atoms with Crippen LogP contribution in [-0.2, 0) is 13.5 Å². The Kier molecular flexibility index (Phi) is 4.66. The Balaban J connectivity index is 1.51. The molecular weight excluding hydrogens is 404 g/mol. The third-order valence-electron chi connectivity index (χ3n) is 5.97. The molecule has 0 atom stereocenters. The molecule has 2 aromatic heterocycles. The summed E-state index contributed by atoms with van der Waals surface area (Å²) >= 11 is 0. The average Bonchev–Trinajstić information content (AvgIpc) is 3.37. The van der Waals surface area contributed by atoms with Crippen molar-refractivity contribution in [2.45, 2.75) is 6.42 Å². The van der Waals surface area contributed by atoms with Gasteiger partial charge in [-0.25, -0.2) is 4.79 Å². The number of hydrogen-bond acceptors (Lipinski definition) is 5. The second-order valence-electron chi connectivity index (χ2n) is 7.80. The number of carboxylic acid groups (broad SMARTS) is 1. The van der Waals surface area contributed by atoms with Gasteiger partial charge in [0.25, 0.3) is 0 Å². The molecule has 2 aromatic carbocycles. The molecule has 0 aliphatic heterocycles. The summed E-state index contributed by atoms with van der Waals surface area (Å²) in [6, 6.07) is 15.7. The lowest BCUT2D eigenvalue weighted by molar-refractivity contribution is 0.0695. The van der Waals surface area contributed by atoms with E-state index in [-0.39, 0.29) is 0 Å². The van der Waals surface area contributed by atoms with Crippen LogP contribution in [0.3, 0.4) is 0 Å². The minimum Gasteiger partial charge on any atom is -0.497 e. The summed E-state index contributed by atoms with van der Waals surface area (Å²) in [7, 11) is 5.59. The Labute approximate surface area is 185 Å². The Morgan fingerprint density at radius 3 is 2.59 bits per heavy atom. The van der Waals surface area contributed by atoms with Crippen LogP contribution in [-0.4, -0.2) is 40.0 Å². The highest BCUT2D eigenvalue weighted by Gasteiger charge is 2.24. The first-order valence-corrected chi connectivity index (χ1v) is 10.2. The van der Waals surface area contributed by atoms with E-state index < -0.39 is 5.97 Å². The fourth-order valence-electron chi connectivity index (χ4n) is 4.31. The van der Waals surface area contributed by atoms with Crippen molar-refractivity contribution in [1.82, 2.24) is 14.8 Å². The maximum absolute atomic E-state index is 11.6. The Bertz CT molecular complexity index is 1390. The molecule has 1 aliphatic carbocycles. The maximum atomic E-state index is 11.6. The molecule has 0 radical (unpaired) electrons. The monoisotopic (exact) mass is 426 g/mol. The van der Waals surface area contributed by atoms with Crippen LogP contribution < -0.4 is 9.64 Å². The molecule has 0 bridgehead atoms. The van der Waals surface area contributed by atoms with E-state index in [0.717, 1.165) is 44.9 Å². The summed E-state index contributed by atoms with van der Waals surface area (Å²) in [6.07, 6.45) is 4.03. The predicted molar refractivity (Wildman–Crippen MR) is 125 cm³/mol. The van der Waals surface area contributed by atoms with Gasteiger partial charge in [0.15, 0.2) is 0 Å². The van der Waals surface area contributed by atoms with Gasteiger partial charge in [-0.05, 0) is 65.7 Å². The fraction of sp³-hybridized carbons (Fsp3) is 0.160. The zero-order chi connectivity index (χ0) is 22.4. The van der Waals surface area contributed by atoms with Gasteiger partial charge in [0.1, 0.15) is 5.75 Å². The topological polar surface area (TPSA) is 80.5 Å². The highest BCUT2D eigenvalue weighted by Crippen LogP contribution is 2.37. The van der Waals surface area contributed by atoms with Crippen LogP contribution in [0, 0.1) is 0 Å². The van der Waals surface area contributed by atoms with Crippen molar-refractivity contribution in [2.24, 2.45) is 7.05 Å². The Morgan fingerprint density at radius 1 is 1.12 bits per heavy atom. The SMILES string of the molecule is COc1ccc(N(C)c2ccc3c(C4=Cc5nccc(C(=O)O)c5C4)n(C)nc3c2)cc1. The van der Waals surface area contributed by atoms with Gasteiger partial charge in [-0.15, -0.1) is 0 Å². The number of benzene rings is 2. The highest BCUT2D eigenvalue weighted by molar-refractivity contribution is 6.01. The minimum absolute atomic E-state index is 0.302. The molecule has 2 heterocycles. The zero-order valence-corrected chi connectivity index (χ0v) is 18.0. The molecule has 0 saturated carbocycles. The van der Waals surface area contributed by atoms with E-state index in [4.69, 9.17) is 9.84 Å². The molecular formula is C25H22N4O3. The van der Waals surface area contributed by atoms with Crippen LogP contribution in [0.15, 0.2) is 54.7 Å². The van der Waals surface area contributed by atoms with E-state index >= 15 is 0 Å². The summed E-state index contributed by atoms with van der Waals surface area (Å²) in [5.74, 6) is -0.113. The highest BCUT2D eigenvalue weighted by atomic mass is 16.5. The molecule has 7 heteroatoms. The molecule has 0 saturated heterocycles. The second kappa shape index (κ2) is 7.53. The third kappa shape index (κ3) is 3.19. The van der Waals surface area contributed by atoms with Crippen molar-refractivity contribution in [3.05, 3.63) is 77.2 Å². The summed E-state index contributed by atoms with van der Waals surface area (Å²) in [4.78, 5) is 18.1. The van der Waals surface area contributed by atoms with Gasteiger partial charge in [-0.1, -0.05) is 0 Å². The third-order valence-corrected chi connectivity index (χ3v) is 5.97. The van der Waals surface area contributed by atoms with Crippen molar-refractivity contribution in [3.63, 3.8) is 0 Å². The molecule has 0 spiro atoms. The molecule has 5 rings (SSSR count). The summed E-state index contributed by atoms with van der Waals surface area (Å²) in [5.41, 5.74) is 6.70. The largest absolute Gasteiger partial charge is 0.497 e. The lowest BCUT2D eigenvalue weighted by Crippen LogP contribution is -2.09. The van der Waals surface area contributed by atoms with E-state index in [1.807, 2.05) is 49.1 Å². The number of methoxy groups -OCH3 is 1. The summed E-state index contributed by atoms with van der Waals surface area (Å²) in [6.45, 7) is 0. The van der Waals surface area contributed by atoms with Crippen LogP contribution in [0.1, 0.15) is 27.3 Å². The van der Waals surface area contributed by atoms with Crippen LogP contribution in [0.2, 0.25) is 0 Å². The zero-order valence-electron chi connectivity index (χ0n) is 18.0. The van der Waals surface area contributed by atoms with Crippen molar-refractivity contribution in [2.75, 3.05) is 19.1 Å². The molecule has 1 N–H and O–H groups in total. The Hall–Kier alpha value is -4.13. The van der Waals surface area contributed by atoms with Gasteiger partial charge >= 0.3 is 5.97 Å². The fourth-order valence-corrected chi connectivity index (χ4v) is 4.31. The number of carbonyl (C=O) groups is 1. The number of fused-ring (bicyclic) bond motifs is 2. The molecule has 160 valence electrons. The van der Waals surface area contributed by atoms with Crippen LogP contribution >= 0.6 is 0 Å². The first kappa shape index (κ1) is 19.8. The van der Waals surface area contributed by atoms with E-state index in [2.05, 4.69) is 28.1 Å². The van der Waals surface area contributed by atoms with E-state index in [0.29, 0.717) is 17.7 Å². The number of allylic oxidation sites excluding steroid dienone is 1. The molecule has 4 aromatic rings. The normalized spacial score (nSPS) is 12.5. The standard InChI is InChI=1S/C25H22N4O3/c1-28(16-4-7-18(32-3)8-5-16)17-6-9-20-23(14-17)27-29(2)24(20)15-12-21-19(25(30)31)10-11-26-22(21)13-15/h4-11,13-14H,12H2,1-3H3,(H,30,31). The summed E-state index contributed by atoms with van der Waals surface area (Å²) < 4.78 is 7.11. The molecule has 0 unspecified atom stereocenters. The quantitative estimate of drug-likeness (QED) is 0.505. The number of aryl methyl sites for hydroxylation is 1. The molecule has 0 fully saturated rings. The number of aromatic carboxylic acids is 1. The smallest absolute Gasteiger partial charge is 0.336 e. The number of hydrogen-bond donors (Lipinski definition) is 1.